The van der Waals surface area contributed by atoms with Crippen LogP contribution in [0.15, 0.2) is 35.1 Å². The lowest BCUT2D eigenvalue weighted by atomic mass is 9.98. The van der Waals surface area contributed by atoms with Crippen molar-refractivity contribution in [3.05, 3.63) is 63.4 Å². The van der Waals surface area contributed by atoms with Crippen LogP contribution in [0.3, 0.4) is 0 Å². The summed E-state index contributed by atoms with van der Waals surface area (Å²) in [6.45, 7) is 0. The van der Waals surface area contributed by atoms with Gasteiger partial charge in [0, 0.05) is 23.5 Å². The van der Waals surface area contributed by atoms with Crippen LogP contribution in [-0.2, 0) is 6.18 Å². The van der Waals surface area contributed by atoms with Gasteiger partial charge in [0.25, 0.3) is 0 Å². The van der Waals surface area contributed by atoms with E-state index in [9.17, 15) is 27.1 Å². The van der Waals surface area contributed by atoms with Gasteiger partial charge in [0.1, 0.15) is 6.10 Å². The van der Waals surface area contributed by atoms with Crippen LogP contribution in [0.1, 0.15) is 22.8 Å². The van der Waals surface area contributed by atoms with Gasteiger partial charge >= 0.3 is 6.18 Å². The fourth-order valence-electron chi connectivity index (χ4n) is 1.80. The number of hydrogen-bond donors (Lipinski definition) is 1. The van der Waals surface area contributed by atoms with Crippen LogP contribution < -0.4 is 0 Å². The number of nitrogens with zero attached hydrogens (tertiary/aromatic N) is 1. The molecular formula is C13H7BrF5NO. The quantitative estimate of drug-likeness (QED) is 0.636. The van der Waals surface area contributed by atoms with Crippen molar-refractivity contribution < 1.29 is 27.1 Å². The van der Waals surface area contributed by atoms with Gasteiger partial charge in [-0.25, -0.2) is 8.78 Å². The van der Waals surface area contributed by atoms with E-state index in [1.54, 1.807) is 0 Å². The minimum Gasteiger partial charge on any atom is -0.384 e. The highest BCUT2D eigenvalue weighted by molar-refractivity contribution is 9.10. The van der Waals surface area contributed by atoms with Crippen LogP contribution in [0.5, 0.6) is 0 Å². The Hall–Kier alpha value is -1.54. The van der Waals surface area contributed by atoms with Crippen molar-refractivity contribution in [2.24, 2.45) is 0 Å². The lowest BCUT2D eigenvalue weighted by molar-refractivity contribution is -0.139. The van der Waals surface area contributed by atoms with E-state index in [1.165, 1.54) is 0 Å². The Morgan fingerprint density at radius 2 is 1.76 bits per heavy atom. The molecule has 112 valence electrons. The van der Waals surface area contributed by atoms with Gasteiger partial charge in [0.2, 0.25) is 0 Å². The number of benzene rings is 1. The first-order valence-corrected chi connectivity index (χ1v) is 6.35. The standard InChI is InChI=1S/C13H7BrF5NO/c14-10-6(1-2-9(15)11(10)16)12(21)7-5-20-4-3-8(7)13(17,18)19/h1-5,12,21H. The summed E-state index contributed by atoms with van der Waals surface area (Å²) in [5.74, 6) is -2.47. The average molecular weight is 368 g/mol. The molecule has 1 unspecified atom stereocenters. The van der Waals surface area contributed by atoms with E-state index in [-0.39, 0.29) is 5.56 Å². The molecular weight excluding hydrogens is 361 g/mol. The monoisotopic (exact) mass is 367 g/mol. The number of alkyl halides is 3. The van der Waals surface area contributed by atoms with Crippen molar-refractivity contribution >= 4 is 15.9 Å². The molecule has 2 rings (SSSR count). The molecule has 0 radical (unpaired) electrons. The molecule has 1 atom stereocenters. The van der Waals surface area contributed by atoms with Crippen LogP contribution in [-0.4, -0.2) is 10.1 Å². The highest BCUT2D eigenvalue weighted by Gasteiger charge is 2.35. The van der Waals surface area contributed by atoms with Crippen molar-refractivity contribution in [1.29, 1.82) is 0 Å². The van der Waals surface area contributed by atoms with E-state index >= 15 is 0 Å². The molecule has 0 spiro atoms. The Kier molecular flexibility index (Phi) is 4.29. The first kappa shape index (κ1) is 15.8. The Bertz CT molecular complexity index is 674. The molecule has 1 N–H and O–H groups in total. The molecule has 1 aromatic carbocycles. The van der Waals surface area contributed by atoms with Crippen molar-refractivity contribution in [2.75, 3.05) is 0 Å². The summed E-state index contributed by atoms with van der Waals surface area (Å²) < 4.78 is 64.7. The summed E-state index contributed by atoms with van der Waals surface area (Å²) in [6.07, 6.45) is -4.75. The summed E-state index contributed by atoms with van der Waals surface area (Å²) >= 11 is 2.73. The van der Waals surface area contributed by atoms with E-state index in [0.29, 0.717) is 6.07 Å². The topological polar surface area (TPSA) is 33.1 Å². The Morgan fingerprint density at radius 1 is 1.10 bits per heavy atom. The first-order valence-electron chi connectivity index (χ1n) is 5.56. The number of pyridine rings is 1. The zero-order valence-corrected chi connectivity index (χ0v) is 11.7. The van der Waals surface area contributed by atoms with Gasteiger partial charge < -0.3 is 5.11 Å². The van der Waals surface area contributed by atoms with Crippen LogP contribution in [0.4, 0.5) is 22.0 Å². The third-order valence-corrected chi connectivity index (χ3v) is 3.62. The molecule has 0 fully saturated rings. The SMILES string of the molecule is OC(c1cnccc1C(F)(F)F)c1ccc(F)c(F)c1Br. The molecule has 0 aliphatic rings. The second-order valence-electron chi connectivity index (χ2n) is 4.13. The summed E-state index contributed by atoms with van der Waals surface area (Å²) in [5, 5.41) is 10.1. The maximum absolute atomic E-state index is 13.4. The smallest absolute Gasteiger partial charge is 0.384 e. The normalized spacial score (nSPS) is 13.3. The molecule has 1 aromatic heterocycles. The fourth-order valence-corrected chi connectivity index (χ4v) is 2.34. The fraction of sp³-hybridized carbons (Fsp3) is 0.154. The maximum Gasteiger partial charge on any atom is 0.416 e. The summed E-state index contributed by atoms with van der Waals surface area (Å²) in [7, 11) is 0. The summed E-state index contributed by atoms with van der Waals surface area (Å²) in [6, 6.07) is 2.43. The number of hydrogen-bond acceptors (Lipinski definition) is 2. The minimum atomic E-state index is -4.70. The third-order valence-electron chi connectivity index (χ3n) is 2.81. The van der Waals surface area contributed by atoms with Gasteiger partial charge in [-0.15, -0.1) is 0 Å². The van der Waals surface area contributed by atoms with E-state index in [2.05, 4.69) is 20.9 Å². The Morgan fingerprint density at radius 3 is 2.38 bits per heavy atom. The van der Waals surface area contributed by atoms with Gasteiger partial charge in [-0.3, -0.25) is 4.98 Å². The van der Waals surface area contributed by atoms with E-state index in [1.807, 2.05) is 0 Å². The average Bonchev–Trinajstić information content (AvgIpc) is 2.43. The van der Waals surface area contributed by atoms with Crippen molar-refractivity contribution in [3.63, 3.8) is 0 Å². The predicted octanol–water partition coefficient (Wildman–Crippen LogP) is 4.22. The van der Waals surface area contributed by atoms with Crippen molar-refractivity contribution in [1.82, 2.24) is 4.98 Å². The Balaban J connectivity index is 2.56. The van der Waals surface area contributed by atoms with Crippen LogP contribution in [0.2, 0.25) is 0 Å². The van der Waals surface area contributed by atoms with E-state index < -0.39 is 39.5 Å². The summed E-state index contributed by atoms with van der Waals surface area (Å²) in [4.78, 5) is 3.53. The van der Waals surface area contributed by atoms with E-state index in [0.717, 1.165) is 24.5 Å². The number of aromatic nitrogens is 1. The van der Waals surface area contributed by atoms with Gasteiger partial charge in [-0.05, 0) is 28.1 Å². The molecule has 0 amide bonds. The van der Waals surface area contributed by atoms with Gasteiger partial charge in [0.15, 0.2) is 11.6 Å². The largest absolute Gasteiger partial charge is 0.416 e. The molecule has 21 heavy (non-hydrogen) atoms. The molecule has 0 saturated carbocycles. The highest BCUT2D eigenvalue weighted by atomic mass is 79.9. The second-order valence-corrected chi connectivity index (χ2v) is 4.92. The lowest BCUT2D eigenvalue weighted by Gasteiger charge is -2.18. The number of rotatable bonds is 2. The molecule has 0 aliphatic carbocycles. The lowest BCUT2D eigenvalue weighted by Crippen LogP contribution is -2.14. The Labute approximate surface area is 124 Å². The third kappa shape index (κ3) is 3.06. The first-order chi connectivity index (χ1) is 9.73. The van der Waals surface area contributed by atoms with Gasteiger partial charge in [0.05, 0.1) is 10.0 Å². The molecule has 2 nitrogen and oxygen atoms in total. The van der Waals surface area contributed by atoms with Crippen molar-refractivity contribution in [2.45, 2.75) is 12.3 Å². The van der Waals surface area contributed by atoms with Crippen LogP contribution >= 0.6 is 15.9 Å². The molecule has 0 aliphatic heterocycles. The molecule has 0 bridgehead atoms. The number of halogens is 6. The molecule has 1 heterocycles. The second kappa shape index (κ2) is 5.69. The number of aliphatic hydroxyl groups is 1. The molecule has 0 saturated heterocycles. The minimum absolute atomic E-state index is 0.229. The highest BCUT2D eigenvalue weighted by Crippen LogP contribution is 2.38. The maximum atomic E-state index is 13.4. The van der Waals surface area contributed by atoms with E-state index in [4.69, 9.17) is 0 Å². The molecule has 8 heteroatoms. The van der Waals surface area contributed by atoms with Crippen molar-refractivity contribution in [3.8, 4) is 0 Å². The number of aliphatic hydroxyl groups excluding tert-OH is 1. The van der Waals surface area contributed by atoms with Crippen LogP contribution in [0, 0.1) is 11.6 Å². The molecule has 2 aromatic rings. The van der Waals surface area contributed by atoms with Gasteiger partial charge in [-0.1, -0.05) is 6.07 Å². The predicted molar refractivity (Wildman–Crippen MR) is 67.4 cm³/mol. The zero-order chi connectivity index (χ0) is 15.8. The summed E-state index contributed by atoms with van der Waals surface area (Å²) in [5.41, 5.74) is -1.87. The van der Waals surface area contributed by atoms with Gasteiger partial charge in [-0.2, -0.15) is 13.2 Å². The van der Waals surface area contributed by atoms with Crippen LogP contribution in [0.25, 0.3) is 0 Å². The zero-order valence-electron chi connectivity index (χ0n) is 10.1.